The van der Waals surface area contributed by atoms with Crippen LogP contribution >= 0.6 is 0 Å². The summed E-state index contributed by atoms with van der Waals surface area (Å²) in [5, 5.41) is 21.7. The zero-order valence-electron chi connectivity index (χ0n) is 27.6. The summed E-state index contributed by atoms with van der Waals surface area (Å²) < 4.78 is 5.79. The van der Waals surface area contributed by atoms with E-state index in [-0.39, 0.29) is 28.8 Å². The van der Waals surface area contributed by atoms with Gasteiger partial charge in [-0.15, -0.1) is 0 Å². The van der Waals surface area contributed by atoms with E-state index < -0.39 is 36.2 Å². The van der Waals surface area contributed by atoms with Crippen molar-refractivity contribution in [3.8, 4) is 5.75 Å². The van der Waals surface area contributed by atoms with Crippen LogP contribution in [0.5, 0.6) is 5.75 Å². The van der Waals surface area contributed by atoms with Crippen LogP contribution in [0.15, 0.2) is 78.9 Å². The number of carbonyl (C=O) groups excluding carboxylic acids is 2. The van der Waals surface area contributed by atoms with Crippen molar-refractivity contribution in [2.24, 2.45) is 5.92 Å². The van der Waals surface area contributed by atoms with Gasteiger partial charge in [0, 0.05) is 36.0 Å². The van der Waals surface area contributed by atoms with E-state index in [0.717, 1.165) is 44.1 Å². The summed E-state index contributed by atoms with van der Waals surface area (Å²) >= 11 is 0. The van der Waals surface area contributed by atoms with E-state index in [1.807, 2.05) is 36.4 Å². The van der Waals surface area contributed by atoms with Crippen LogP contribution in [0.25, 0.3) is 0 Å². The van der Waals surface area contributed by atoms with Crippen molar-refractivity contribution in [2.45, 2.75) is 109 Å². The maximum Gasteiger partial charge on any atom is 0.326 e. The number of unbranched alkanes of at least 4 members (excludes halogenated alkanes) is 8. The molecule has 0 fully saturated rings. The van der Waals surface area contributed by atoms with Crippen molar-refractivity contribution < 1.29 is 50.9 Å². The number of ketones is 1. The summed E-state index contributed by atoms with van der Waals surface area (Å²) in [6, 6.07) is 15.5. The molecule has 2 aromatic carbocycles. The van der Waals surface area contributed by atoms with Crippen LogP contribution in [-0.2, 0) is 49.0 Å². The van der Waals surface area contributed by atoms with E-state index in [9.17, 15) is 29.4 Å². The Morgan fingerprint density at radius 1 is 0.830 bits per heavy atom. The Bertz CT molecular complexity index is 1260. The largest absolute Gasteiger partial charge is 0.489 e. The SMILES string of the molecule is C=C(CC(=O)O)[C@H](/C=C/CCCCCCC(=O)CCCCCCC)C(=O)N[C@@H](Cc1ccc(OCc2ccccc2)cc1)C(=O)O.[Co]. The summed E-state index contributed by atoms with van der Waals surface area (Å²) in [4.78, 5) is 48.7. The van der Waals surface area contributed by atoms with Crippen LogP contribution in [0.2, 0.25) is 0 Å². The molecular weight excluding hydrogens is 641 g/mol. The second-order valence-electron chi connectivity index (χ2n) is 11.8. The van der Waals surface area contributed by atoms with Gasteiger partial charge in [-0.25, -0.2) is 4.79 Å². The maximum absolute atomic E-state index is 13.2. The van der Waals surface area contributed by atoms with E-state index in [2.05, 4.69) is 18.8 Å². The van der Waals surface area contributed by atoms with E-state index in [4.69, 9.17) is 4.74 Å². The molecule has 0 aliphatic carbocycles. The summed E-state index contributed by atoms with van der Waals surface area (Å²) in [6.07, 6.45) is 14.4. The number of nitrogens with one attached hydrogen (secondary N) is 1. The molecule has 0 aliphatic heterocycles. The van der Waals surface area contributed by atoms with Gasteiger partial charge in [-0.3, -0.25) is 14.4 Å². The van der Waals surface area contributed by atoms with Crippen molar-refractivity contribution >= 4 is 23.6 Å². The minimum Gasteiger partial charge on any atom is -0.489 e. The predicted molar refractivity (Wildman–Crippen MR) is 181 cm³/mol. The molecule has 8 nitrogen and oxygen atoms in total. The number of benzene rings is 2. The number of ether oxygens (including phenoxy) is 1. The molecule has 47 heavy (non-hydrogen) atoms. The molecule has 0 saturated carbocycles. The number of hydrogen-bond donors (Lipinski definition) is 3. The summed E-state index contributed by atoms with van der Waals surface area (Å²) in [6.45, 7) is 6.39. The third-order valence-electron chi connectivity index (χ3n) is 7.79. The molecule has 3 N–H and O–H groups in total. The first-order valence-electron chi connectivity index (χ1n) is 16.6. The zero-order chi connectivity index (χ0) is 33.6. The molecule has 0 bridgehead atoms. The molecule has 2 atom stereocenters. The van der Waals surface area contributed by atoms with Crippen LogP contribution in [0, 0.1) is 5.92 Å². The normalized spacial score (nSPS) is 12.1. The Labute approximate surface area is 290 Å². The second kappa shape index (κ2) is 24.5. The molecule has 259 valence electrons. The molecule has 1 radical (unpaired) electrons. The summed E-state index contributed by atoms with van der Waals surface area (Å²) in [5.74, 6) is -2.91. The Morgan fingerprint density at radius 2 is 1.45 bits per heavy atom. The fourth-order valence-corrected chi connectivity index (χ4v) is 5.09. The average Bonchev–Trinajstić information content (AvgIpc) is 3.03. The minimum atomic E-state index is -1.21. The molecule has 0 saturated heterocycles. The van der Waals surface area contributed by atoms with Gasteiger partial charge >= 0.3 is 11.9 Å². The number of carboxylic acids is 2. The van der Waals surface area contributed by atoms with E-state index in [1.165, 1.54) is 19.3 Å². The van der Waals surface area contributed by atoms with Crippen molar-refractivity contribution in [3.05, 3.63) is 90.0 Å². The van der Waals surface area contributed by atoms with Gasteiger partial charge in [0.15, 0.2) is 0 Å². The molecule has 9 heteroatoms. The fourth-order valence-electron chi connectivity index (χ4n) is 5.09. The Hall–Kier alpha value is -3.69. The first-order chi connectivity index (χ1) is 22.2. The molecule has 2 aromatic rings. The van der Waals surface area contributed by atoms with Gasteiger partial charge in [0.25, 0.3) is 0 Å². The first kappa shape index (κ1) is 41.3. The van der Waals surface area contributed by atoms with Crippen LogP contribution in [-0.4, -0.2) is 39.9 Å². The maximum atomic E-state index is 13.2. The molecule has 0 aliphatic rings. The minimum absolute atomic E-state index is 0. The van der Waals surface area contributed by atoms with Crippen molar-refractivity contribution in [3.63, 3.8) is 0 Å². The number of hydrogen-bond acceptors (Lipinski definition) is 5. The van der Waals surface area contributed by atoms with Gasteiger partial charge < -0.3 is 20.3 Å². The van der Waals surface area contributed by atoms with Crippen LogP contribution in [0.3, 0.4) is 0 Å². The molecule has 0 unspecified atom stereocenters. The van der Waals surface area contributed by atoms with Gasteiger partial charge in [0.05, 0.1) is 12.3 Å². The molecule has 1 amide bonds. The Balaban J connectivity index is 0.0000110. The van der Waals surface area contributed by atoms with Crippen molar-refractivity contribution in [1.29, 1.82) is 0 Å². The summed E-state index contributed by atoms with van der Waals surface area (Å²) in [5.41, 5.74) is 1.91. The standard InChI is InChI=1S/C38H51NO7.Co/c1-3-4-5-8-14-19-32(40)20-15-9-6-7-10-16-21-34(29(2)26-36(41)42)37(43)39-35(38(44)45)27-30-22-24-33(25-23-30)46-28-31-17-12-11-13-18-31;/h11-13,16-18,21-25,34-35H,2-10,14-15,19-20,26-28H2,1H3,(H,39,43)(H,41,42)(H,44,45);/b21-16+;/t34-,35-;/m0./s1. The van der Waals surface area contributed by atoms with Crippen LogP contribution < -0.4 is 10.1 Å². The quantitative estimate of drug-likeness (QED) is 0.0714. The molecular formula is C38H51CoNO7. The van der Waals surface area contributed by atoms with Gasteiger partial charge in [-0.05, 0) is 48.9 Å². The van der Waals surface area contributed by atoms with Gasteiger partial charge in [-0.1, -0.05) is 112 Å². The third-order valence-corrected chi connectivity index (χ3v) is 7.79. The molecule has 0 heterocycles. The van der Waals surface area contributed by atoms with Gasteiger partial charge in [0.1, 0.15) is 24.2 Å². The van der Waals surface area contributed by atoms with E-state index >= 15 is 0 Å². The summed E-state index contributed by atoms with van der Waals surface area (Å²) in [7, 11) is 0. The molecule has 2 rings (SSSR count). The number of Topliss-reactive ketones (excluding diaryl/α,β-unsaturated/α-hetero) is 1. The fraction of sp³-hybridized carbons (Fsp3) is 0.474. The van der Waals surface area contributed by atoms with Crippen LogP contribution in [0.1, 0.15) is 102 Å². The first-order valence-corrected chi connectivity index (χ1v) is 16.6. The van der Waals surface area contributed by atoms with Crippen molar-refractivity contribution in [1.82, 2.24) is 5.32 Å². The Kier molecular flexibility index (Phi) is 21.5. The second-order valence-corrected chi connectivity index (χ2v) is 11.8. The van der Waals surface area contributed by atoms with Crippen molar-refractivity contribution in [2.75, 3.05) is 0 Å². The number of rotatable bonds is 25. The number of carbonyl (C=O) groups is 4. The van der Waals surface area contributed by atoms with Crippen LogP contribution in [0.4, 0.5) is 0 Å². The molecule has 0 spiro atoms. The third kappa shape index (κ3) is 18.3. The van der Waals surface area contributed by atoms with Gasteiger partial charge in [-0.2, -0.15) is 0 Å². The number of carboxylic acid groups (broad SMARTS) is 2. The number of aliphatic carboxylic acids is 2. The smallest absolute Gasteiger partial charge is 0.326 e. The van der Waals surface area contributed by atoms with Gasteiger partial charge in [0.2, 0.25) is 5.91 Å². The monoisotopic (exact) mass is 692 g/mol. The number of allylic oxidation sites excluding steroid dienone is 1. The Morgan fingerprint density at radius 3 is 2.04 bits per heavy atom. The predicted octanol–water partition coefficient (Wildman–Crippen LogP) is 7.85. The topological polar surface area (TPSA) is 130 Å². The number of amides is 1. The van der Waals surface area contributed by atoms with E-state index in [0.29, 0.717) is 43.0 Å². The molecule has 0 aromatic heterocycles. The zero-order valence-corrected chi connectivity index (χ0v) is 28.6. The van der Waals surface area contributed by atoms with E-state index in [1.54, 1.807) is 30.3 Å². The average molecular weight is 693 g/mol.